The molecule has 0 bridgehead atoms. The van der Waals surface area contributed by atoms with Gasteiger partial charge in [0.2, 0.25) is 0 Å². The van der Waals surface area contributed by atoms with Crippen LogP contribution in [0, 0.1) is 19.8 Å². The molecule has 0 saturated carbocycles. The normalized spacial score (nSPS) is 25.6. The molecule has 1 saturated heterocycles. The fourth-order valence-corrected chi connectivity index (χ4v) is 3.47. The third-order valence-corrected chi connectivity index (χ3v) is 5.07. The van der Waals surface area contributed by atoms with E-state index in [0.29, 0.717) is 12.1 Å². The molecule has 0 aliphatic carbocycles. The van der Waals surface area contributed by atoms with E-state index in [1.807, 2.05) is 0 Å². The molecule has 1 heterocycles. The lowest BCUT2D eigenvalue weighted by Crippen LogP contribution is -2.46. The summed E-state index contributed by atoms with van der Waals surface area (Å²) in [5, 5.41) is 3.52. The Morgan fingerprint density at radius 3 is 2.70 bits per heavy atom. The number of piperidine rings is 1. The van der Waals surface area contributed by atoms with Crippen LogP contribution in [0.2, 0.25) is 0 Å². The Balaban J connectivity index is 2.12. The van der Waals surface area contributed by atoms with Crippen molar-refractivity contribution in [2.24, 2.45) is 5.92 Å². The average molecular weight is 274 g/mol. The first-order valence-electron chi connectivity index (χ1n) is 8.01. The summed E-state index contributed by atoms with van der Waals surface area (Å²) < 4.78 is 0. The molecule has 1 aromatic rings. The van der Waals surface area contributed by atoms with Gasteiger partial charge in [-0.3, -0.25) is 4.90 Å². The zero-order valence-electron chi connectivity index (χ0n) is 13.7. The molecule has 0 spiro atoms. The van der Waals surface area contributed by atoms with E-state index in [9.17, 15) is 0 Å². The number of benzene rings is 1. The summed E-state index contributed by atoms with van der Waals surface area (Å²) in [5.74, 6) is 0.820. The van der Waals surface area contributed by atoms with Crippen molar-refractivity contribution in [1.29, 1.82) is 0 Å². The van der Waals surface area contributed by atoms with Crippen LogP contribution in [0.4, 0.5) is 0 Å². The number of nitrogens with one attached hydrogen (secondary N) is 1. The SMILES string of the molecule is CNC(CN1CCCC(C)C1C)c1ccc(C)cc1C. The van der Waals surface area contributed by atoms with Crippen LogP contribution in [0.3, 0.4) is 0 Å². The minimum absolute atomic E-state index is 0.434. The van der Waals surface area contributed by atoms with Crippen LogP contribution in [-0.4, -0.2) is 31.1 Å². The molecule has 1 fully saturated rings. The van der Waals surface area contributed by atoms with Gasteiger partial charge in [0.25, 0.3) is 0 Å². The van der Waals surface area contributed by atoms with Crippen molar-refractivity contribution in [2.45, 2.75) is 52.6 Å². The molecular weight excluding hydrogens is 244 g/mol. The highest BCUT2D eigenvalue weighted by atomic mass is 15.2. The van der Waals surface area contributed by atoms with E-state index >= 15 is 0 Å². The summed E-state index contributed by atoms with van der Waals surface area (Å²) in [6, 6.07) is 7.95. The number of hydrogen-bond acceptors (Lipinski definition) is 2. The molecule has 2 heteroatoms. The van der Waals surface area contributed by atoms with Crippen molar-refractivity contribution in [3.8, 4) is 0 Å². The Hall–Kier alpha value is -0.860. The maximum atomic E-state index is 3.52. The van der Waals surface area contributed by atoms with Gasteiger partial charge in [0, 0.05) is 18.6 Å². The molecule has 112 valence electrons. The van der Waals surface area contributed by atoms with Crippen molar-refractivity contribution >= 4 is 0 Å². The van der Waals surface area contributed by atoms with Crippen molar-refractivity contribution < 1.29 is 0 Å². The van der Waals surface area contributed by atoms with E-state index in [0.717, 1.165) is 12.5 Å². The summed E-state index contributed by atoms with van der Waals surface area (Å²) in [6.45, 7) is 11.5. The van der Waals surface area contributed by atoms with Crippen LogP contribution in [0.15, 0.2) is 18.2 Å². The van der Waals surface area contributed by atoms with Crippen molar-refractivity contribution in [2.75, 3.05) is 20.1 Å². The van der Waals surface area contributed by atoms with Gasteiger partial charge in [-0.25, -0.2) is 0 Å². The molecule has 3 atom stereocenters. The molecule has 2 rings (SSSR count). The number of aryl methyl sites for hydroxylation is 2. The first kappa shape index (κ1) is 15.5. The third-order valence-electron chi connectivity index (χ3n) is 5.07. The first-order chi connectivity index (χ1) is 9.52. The number of likely N-dealkylation sites (N-methyl/N-ethyl adjacent to an activating group) is 1. The van der Waals surface area contributed by atoms with Gasteiger partial charge < -0.3 is 5.32 Å². The van der Waals surface area contributed by atoms with Gasteiger partial charge in [-0.2, -0.15) is 0 Å². The molecule has 3 unspecified atom stereocenters. The zero-order valence-corrected chi connectivity index (χ0v) is 13.7. The van der Waals surface area contributed by atoms with Gasteiger partial charge in [-0.05, 0) is 64.3 Å². The fraction of sp³-hybridized carbons (Fsp3) is 0.667. The second-order valence-corrected chi connectivity index (χ2v) is 6.56. The van der Waals surface area contributed by atoms with E-state index in [2.05, 4.69) is 63.2 Å². The maximum Gasteiger partial charge on any atom is 0.0449 e. The van der Waals surface area contributed by atoms with E-state index in [1.54, 1.807) is 0 Å². The largest absolute Gasteiger partial charge is 0.312 e. The van der Waals surface area contributed by atoms with Gasteiger partial charge in [0.1, 0.15) is 0 Å². The lowest BCUT2D eigenvalue weighted by molar-refractivity contribution is 0.103. The van der Waals surface area contributed by atoms with Gasteiger partial charge in [0.05, 0.1) is 0 Å². The third kappa shape index (κ3) is 3.42. The molecule has 0 aromatic heterocycles. The molecule has 0 amide bonds. The Bertz CT molecular complexity index is 441. The topological polar surface area (TPSA) is 15.3 Å². The highest BCUT2D eigenvalue weighted by molar-refractivity contribution is 5.33. The summed E-state index contributed by atoms with van der Waals surface area (Å²) in [4.78, 5) is 2.66. The van der Waals surface area contributed by atoms with Crippen LogP contribution in [0.25, 0.3) is 0 Å². The first-order valence-corrected chi connectivity index (χ1v) is 8.01. The second-order valence-electron chi connectivity index (χ2n) is 6.56. The van der Waals surface area contributed by atoms with Gasteiger partial charge >= 0.3 is 0 Å². The van der Waals surface area contributed by atoms with Gasteiger partial charge in [-0.1, -0.05) is 30.7 Å². The molecule has 1 aliphatic heterocycles. The lowest BCUT2D eigenvalue weighted by Gasteiger charge is -2.40. The molecule has 20 heavy (non-hydrogen) atoms. The van der Waals surface area contributed by atoms with Crippen molar-refractivity contribution in [1.82, 2.24) is 10.2 Å². The summed E-state index contributed by atoms with van der Waals surface area (Å²) in [6.07, 6.45) is 2.72. The number of hydrogen-bond donors (Lipinski definition) is 1. The Kier molecular flexibility index (Phi) is 5.22. The van der Waals surface area contributed by atoms with E-state index in [1.165, 1.54) is 36.1 Å². The van der Waals surface area contributed by atoms with Crippen molar-refractivity contribution in [3.63, 3.8) is 0 Å². The van der Waals surface area contributed by atoms with Crippen LogP contribution >= 0.6 is 0 Å². The quantitative estimate of drug-likeness (QED) is 0.901. The molecule has 1 aromatic carbocycles. The maximum absolute atomic E-state index is 3.52. The summed E-state index contributed by atoms with van der Waals surface area (Å²) in [7, 11) is 2.09. The van der Waals surface area contributed by atoms with Gasteiger partial charge in [-0.15, -0.1) is 0 Å². The Morgan fingerprint density at radius 1 is 1.30 bits per heavy atom. The number of likely N-dealkylation sites (tertiary alicyclic amines) is 1. The predicted molar refractivity (Wildman–Crippen MR) is 87.1 cm³/mol. The molecular formula is C18H30N2. The van der Waals surface area contributed by atoms with E-state index < -0.39 is 0 Å². The fourth-order valence-electron chi connectivity index (χ4n) is 3.47. The molecule has 0 radical (unpaired) electrons. The van der Waals surface area contributed by atoms with Gasteiger partial charge in [0.15, 0.2) is 0 Å². The van der Waals surface area contributed by atoms with E-state index in [4.69, 9.17) is 0 Å². The van der Waals surface area contributed by atoms with Crippen LogP contribution in [0.5, 0.6) is 0 Å². The Labute approximate surface area is 124 Å². The zero-order chi connectivity index (χ0) is 14.7. The Morgan fingerprint density at radius 2 is 2.05 bits per heavy atom. The minimum atomic E-state index is 0.434. The number of nitrogens with zero attached hydrogens (tertiary/aromatic N) is 1. The standard InChI is InChI=1S/C18H30N2/c1-13-8-9-17(15(3)11-13)18(19-5)12-20-10-6-7-14(2)16(20)4/h8-9,11,14,16,18-19H,6-7,10,12H2,1-5H3. The molecule has 2 nitrogen and oxygen atoms in total. The molecule has 1 N–H and O–H groups in total. The van der Waals surface area contributed by atoms with Crippen LogP contribution < -0.4 is 5.32 Å². The lowest BCUT2D eigenvalue weighted by atomic mass is 9.90. The highest BCUT2D eigenvalue weighted by Gasteiger charge is 2.27. The minimum Gasteiger partial charge on any atom is -0.312 e. The smallest absolute Gasteiger partial charge is 0.0449 e. The summed E-state index contributed by atoms with van der Waals surface area (Å²) in [5.41, 5.74) is 4.20. The monoisotopic (exact) mass is 274 g/mol. The van der Waals surface area contributed by atoms with E-state index in [-0.39, 0.29) is 0 Å². The predicted octanol–water partition coefficient (Wildman–Crippen LogP) is 3.68. The highest BCUT2D eigenvalue weighted by Crippen LogP contribution is 2.26. The average Bonchev–Trinajstić information content (AvgIpc) is 2.41. The summed E-state index contributed by atoms with van der Waals surface area (Å²) >= 11 is 0. The number of rotatable bonds is 4. The van der Waals surface area contributed by atoms with Crippen LogP contribution in [0.1, 0.15) is 49.4 Å². The second kappa shape index (κ2) is 6.73. The molecule has 1 aliphatic rings. The van der Waals surface area contributed by atoms with Crippen LogP contribution in [-0.2, 0) is 0 Å². The van der Waals surface area contributed by atoms with Crippen molar-refractivity contribution in [3.05, 3.63) is 34.9 Å².